The highest BCUT2D eigenvalue weighted by Crippen LogP contribution is 2.25. The Morgan fingerprint density at radius 3 is 2.75 bits per heavy atom. The molecule has 0 spiro atoms. The van der Waals surface area contributed by atoms with Crippen LogP contribution in [0.3, 0.4) is 0 Å². The van der Waals surface area contributed by atoms with E-state index in [2.05, 4.69) is 30.5 Å². The number of hydrazine groups is 1. The van der Waals surface area contributed by atoms with Crippen molar-refractivity contribution in [3.05, 3.63) is 23.8 Å². The van der Waals surface area contributed by atoms with E-state index in [1.54, 1.807) is 11.8 Å². The van der Waals surface area contributed by atoms with Gasteiger partial charge in [0.2, 0.25) is 0 Å². The summed E-state index contributed by atoms with van der Waals surface area (Å²) in [7, 11) is 0. The molecule has 1 aromatic rings. The van der Waals surface area contributed by atoms with Crippen LogP contribution < -0.4 is 11.3 Å². The van der Waals surface area contributed by atoms with E-state index < -0.39 is 0 Å². The second-order valence-electron chi connectivity index (χ2n) is 2.53. The van der Waals surface area contributed by atoms with Gasteiger partial charge in [-0.15, -0.1) is 11.8 Å². The Hall–Kier alpha value is -0.670. The highest BCUT2D eigenvalue weighted by Gasteiger charge is 1.99. The molecule has 2 nitrogen and oxygen atoms in total. The van der Waals surface area contributed by atoms with E-state index in [0.29, 0.717) is 0 Å². The van der Waals surface area contributed by atoms with Gasteiger partial charge < -0.3 is 5.43 Å². The van der Waals surface area contributed by atoms with Crippen LogP contribution in [0.5, 0.6) is 0 Å². The first kappa shape index (κ1) is 9.42. The maximum Gasteiger partial charge on any atom is 0.0623 e. The van der Waals surface area contributed by atoms with Gasteiger partial charge in [-0.2, -0.15) is 0 Å². The monoisotopic (exact) mass is 182 g/mol. The number of hydrogen-bond acceptors (Lipinski definition) is 3. The Morgan fingerprint density at radius 2 is 2.25 bits per heavy atom. The Bertz CT molecular complexity index is 261. The third-order valence-corrected chi connectivity index (χ3v) is 2.62. The molecule has 0 aliphatic carbocycles. The van der Waals surface area contributed by atoms with Crippen molar-refractivity contribution in [1.29, 1.82) is 0 Å². The van der Waals surface area contributed by atoms with Crippen molar-refractivity contribution in [2.24, 2.45) is 5.84 Å². The van der Waals surface area contributed by atoms with Crippen molar-refractivity contribution in [2.45, 2.75) is 18.2 Å². The lowest BCUT2D eigenvalue weighted by Gasteiger charge is -2.07. The molecule has 0 saturated heterocycles. The normalized spacial score (nSPS) is 9.92. The topological polar surface area (TPSA) is 38.0 Å². The van der Waals surface area contributed by atoms with Crippen molar-refractivity contribution in [3.8, 4) is 0 Å². The summed E-state index contributed by atoms with van der Waals surface area (Å²) in [5.41, 5.74) is 5.02. The summed E-state index contributed by atoms with van der Waals surface area (Å²) in [6, 6.07) is 6.32. The highest BCUT2D eigenvalue weighted by molar-refractivity contribution is 7.98. The molecule has 0 radical (unpaired) electrons. The first-order chi connectivity index (χ1) is 5.81. The van der Waals surface area contributed by atoms with Gasteiger partial charge in [-0.05, 0) is 30.4 Å². The van der Waals surface area contributed by atoms with Crippen LogP contribution in [0.15, 0.2) is 23.1 Å². The number of anilines is 1. The molecule has 0 saturated carbocycles. The van der Waals surface area contributed by atoms with E-state index >= 15 is 0 Å². The van der Waals surface area contributed by atoms with E-state index in [0.717, 1.165) is 12.1 Å². The van der Waals surface area contributed by atoms with Crippen LogP contribution >= 0.6 is 11.8 Å². The maximum atomic E-state index is 5.39. The summed E-state index contributed by atoms with van der Waals surface area (Å²) in [5.74, 6) is 5.39. The number of nitrogens with two attached hydrogens (primary N) is 1. The third kappa shape index (κ3) is 1.93. The molecule has 0 aliphatic heterocycles. The standard InChI is InChI=1S/C9H14N2S/c1-3-7-4-5-9(12-2)8(6-7)11-10/h4-6,11H,3,10H2,1-2H3. The number of rotatable bonds is 3. The van der Waals surface area contributed by atoms with Gasteiger partial charge in [0.05, 0.1) is 5.69 Å². The highest BCUT2D eigenvalue weighted by atomic mass is 32.2. The van der Waals surface area contributed by atoms with Crippen LogP contribution in [0.25, 0.3) is 0 Å². The van der Waals surface area contributed by atoms with Crippen molar-refractivity contribution in [1.82, 2.24) is 0 Å². The van der Waals surface area contributed by atoms with Crippen molar-refractivity contribution in [2.75, 3.05) is 11.7 Å². The first-order valence-corrected chi connectivity index (χ1v) is 5.17. The molecule has 0 atom stereocenters. The van der Waals surface area contributed by atoms with Crippen LogP contribution in [0.1, 0.15) is 12.5 Å². The molecule has 1 aromatic carbocycles. The van der Waals surface area contributed by atoms with Gasteiger partial charge in [0.25, 0.3) is 0 Å². The number of thioether (sulfide) groups is 1. The number of nitrogen functional groups attached to an aromatic ring is 1. The fraction of sp³-hybridized carbons (Fsp3) is 0.333. The van der Waals surface area contributed by atoms with Crippen molar-refractivity contribution >= 4 is 17.4 Å². The van der Waals surface area contributed by atoms with Gasteiger partial charge in [0.15, 0.2) is 0 Å². The molecule has 3 heteroatoms. The molecule has 12 heavy (non-hydrogen) atoms. The van der Waals surface area contributed by atoms with Crippen molar-refractivity contribution in [3.63, 3.8) is 0 Å². The van der Waals surface area contributed by atoms with Crippen LogP contribution in [0, 0.1) is 0 Å². The molecule has 0 fully saturated rings. The Labute approximate surface area is 77.5 Å². The summed E-state index contributed by atoms with van der Waals surface area (Å²) >= 11 is 1.70. The summed E-state index contributed by atoms with van der Waals surface area (Å²) in [5, 5.41) is 0. The smallest absolute Gasteiger partial charge is 0.0623 e. The van der Waals surface area contributed by atoms with E-state index in [1.165, 1.54) is 10.5 Å². The molecule has 0 amide bonds. The minimum Gasteiger partial charge on any atom is -0.323 e. The number of hydrogen-bond donors (Lipinski definition) is 2. The molecular formula is C9H14N2S. The van der Waals surface area contributed by atoms with Gasteiger partial charge >= 0.3 is 0 Å². The average Bonchev–Trinajstić information content (AvgIpc) is 2.16. The number of nitrogens with one attached hydrogen (secondary N) is 1. The van der Waals surface area contributed by atoms with Gasteiger partial charge in [-0.25, -0.2) is 0 Å². The molecule has 0 bridgehead atoms. The minimum absolute atomic E-state index is 1.02. The zero-order valence-corrected chi connectivity index (χ0v) is 8.24. The molecular weight excluding hydrogens is 168 g/mol. The zero-order chi connectivity index (χ0) is 8.97. The second-order valence-corrected chi connectivity index (χ2v) is 3.38. The lowest BCUT2D eigenvalue weighted by molar-refractivity contribution is 1.12. The summed E-state index contributed by atoms with van der Waals surface area (Å²) in [4.78, 5) is 1.19. The van der Waals surface area contributed by atoms with Crippen LogP contribution in [-0.2, 0) is 6.42 Å². The molecule has 0 unspecified atom stereocenters. The Balaban J connectivity index is 3.02. The Kier molecular flexibility index (Phi) is 3.44. The SMILES string of the molecule is CCc1ccc(SC)c(NN)c1. The summed E-state index contributed by atoms with van der Waals surface area (Å²) < 4.78 is 0. The molecule has 0 aliphatic rings. The Morgan fingerprint density at radius 1 is 1.50 bits per heavy atom. The zero-order valence-electron chi connectivity index (χ0n) is 7.42. The van der Waals surface area contributed by atoms with Crippen LogP contribution in [-0.4, -0.2) is 6.26 Å². The lowest BCUT2D eigenvalue weighted by atomic mass is 10.1. The van der Waals surface area contributed by atoms with Gasteiger partial charge in [0.1, 0.15) is 0 Å². The lowest BCUT2D eigenvalue weighted by Crippen LogP contribution is -2.08. The number of aryl methyl sites for hydroxylation is 1. The maximum absolute atomic E-state index is 5.39. The van der Waals surface area contributed by atoms with E-state index in [4.69, 9.17) is 5.84 Å². The van der Waals surface area contributed by atoms with Gasteiger partial charge in [-0.1, -0.05) is 13.0 Å². The van der Waals surface area contributed by atoms with E-state index in [1.807, 2.05) is 6.26 Å². The number of benzene rings is 1. The molecule has 1 rings (SSSR count). The van der Waals surface area contributed by atoms with E-state index in [-0.39, 0.29) is 0 Å². The van der Waals surface area contributed by atoms with Gasteiger partial charge in [-0.3, -0.25) is 5.84 Å². The average molecular weight is 182 g/mol. The largest absolute Gasteiger partial charge is 0.323 e. The summed E-state index contributed by atoms with van der Waals surface area (Å²) in [6.45, 7) is 2.13. The fourth-order valence-electron chi connectivity index (χ4n) is 1.09. The van der Waals surface area contributed by atoms with E-state index in [9.17, 15) is 0 Å². The van der Waals surface area contributed by atoms with Gasteiger partial charge in [0, 0.05) is 4.90 Å². The minimum atomic E-state index is 1.02. The summed E-state index contributed by atoms with van der Waals surface area (Å²) in [6.07, 6.45) is 3.09. The quantitative estimate of drug-likeness (QED) is 0.428. The second kappa shape index (κ2) is 4.38. The van der Waals surface area contributed by atoms with Crippen molar-refractivity contribution < 1.29 is 0 Å². The molecule has 0 aromatic heterocycles. The molecule has 66 valence electrons. The predicted molar refractivity (Wildman–Crippen MR) is 55.4 cm³/mol. The van der Waals surface area contributed by atoms with Crippen LogP contribution in [0.4, 0.5) is 5.69 Å². The fourth-order valence-corrected chi connectivity index (χ4v) is 1.63. The van der Waals surface area contributed by atoms with Crippen LogP contribution in [0.2, 0.25) is 0 Å². The molecule has 3 N–H and O–H groups in total. The predicted octanol–water partition coefficient (Wildman–Crippen LogP) is 2.26. The molecule has 0 heterocycles. The third-order valence-electron chi connectivity index (χ3n) is 1.83. The first-order valence-electron chi connectivity index (χ1n) is 3.95.